The van der Waals surface area contributed by atoms with Crippen molar-refractivity contribution in [1.82, 2.24) is 26.3 Å². The molecule has 20 heavy (non-hydrogen) atoms. The molecule has 1 aromatic heterocycles. The van der Waals surface area contributed by atoms with Crippen LogP contribution in [0.25, 0.3) is 0 Å². The molecule has 0 radical (unpaired) electrons. The van der Waals surface area contributed by atoms with Gasteiger partial charge in [0.1, 0.15) is 11.4 Å². The summed E-state index contributed by atoms with van der Waals surface area (Å²) in [5.41, 5.74) is 0.477. The lowest BCUT2D eigenvalue weighted by atomic mass is 10.2. The molecule has 0 spiro atoms. The molecule has 1 heterocycles. The standard InChI is InChI=1S/C13H21N5O2/c1-14-6-8-16-12(19)10-4-3-5-11(18-10)13(20)17-9-7-15-2/h3-5,14-15H,6-9H2,1-2H3,(H,16,19)(H,17,20). The molecule has 0 aliphatic carbocycles. The first kappa shape index (κ1) is 16.1. The number of hydrogen-bond acceptors (Lipinski definition) is 5. The summed E-state index contributed by atoms with van der Waals surface area (Å²) in [5, 5.41) is 11.3. The molecule has 2 amide bonds. The third-order valence-electron chi connectivity index (χ3n) is 2.54. The molecule has 7 heteroatoms. The Balaban J connectivity index is 2.60. The predicted molar refractivity (Wildman–Crippen MR) is 76.8 cm³/mol. The van der Waals surface area contributed by atoms with Crippen LogP contribution in [0.4, 0.5) is 0 Å². The molecule has 7 nitrogen and oxygen atoms in total. The minimum atomic E-state index is -0.287. The number of carbonyl (C=O) groups excluding carboxylic acids is 2. The molecule has 4 N–H and O–H groups in total. The van der Waals surface area contributed by atoms with Crippen LogP contribution in [0.15, 0.2) is 18.2 Å². The van der Waals surface area contributed by atoms with E-state index in [9.17, 15) is 9.59 Å². The van der Waals surface area contributed by atoms with Crippen LogP contribution in [0.3, 0.4) is 0 Å². The largest absolute Gasteiger partial charge is 0.349 e. The lowest BCUT2D eigenvalue weighted by Crippen LogP contribution is -2.33. The molecule has 1 rings (SSSR count). The highest BCUT2D eigenvalue weighted by molar-refractivity contribution is 5.96. The van der Waals surface area contributed by atoms with Crippen molar-refractivity contribution in [3.05, 3.63) is 29.6 Å². The summed E-state index contributed by atoms with van der Waals surface area (Å²) in [5.74, 6) is -0.574. The maximum Gasteiger partial charge on any atom is 0.269 e. The predicted octanol–water partition coefficient (Wildman–Crippen LogP) is -1.02. The van der Waals surface area contributed by atoms with Gasteiger partial charge in [0.05, 0.1) is 0 Å². The fourth-order valence-electron chi connectivity index (χ4n) is 1.47. The Hall–Kier alpha value is -1.99. The molecule has 0 aromatic carbocycles. The maximum absolute atomic E-state index is 11.8. The van der Waals surface area contributed by atoms with Gasteiger partial charge in [-0.15, -0.1) is 0 Å². The number of pyridine rings is 1. The molecule has 0 saturated heterocycles. The van der Waals surface area contributed by atoms with E-state index in [-0.39, 0.29) is 23.2 Å². The van der Waals surface area contributed by atoms with Gasteiger partial charge in [-0.1, -0.05) is 6.07 Å². The fraction of sp³-hybridized carbons (Fsp3) is 0.462. The molecule has 0 unspecified atom stereocenters. The molecule has 0 bridgehead atoms. The zero-order valence-corrected chi connectivity index (χ0v) is 11.8. The molecular formula is C13H21N5O2. The molecule has 0 saturated carbocycles. The van der Waals surface area contributed by atoms with Crippen LogP contribution in [0.5, 0.6) is 0 Å². The van der Waals surface area contributed by atoms with Crippen LogP contribution in [0, 0.1) is 0 Å². The molecule has 0 atom stereocenters. The summed E-state index contributed by atoms with van der Waals surface area (Å²) < 4.78 is 0. The summed E-state index contributed by atoms with van der Waals surface area (Å²) >= 11 is 0. The van der Waals surface area contributed by atoms with Crippen molar-refractivity contribution in [3.63, 3.8) is 0 Å². The van der Waals surface area contributed by atoms with Crippen molar-refractivity contribution in [2.45, 2.75) is 0 Å². The summed E-state index contributed by atoms with van der Waals surface area (Å²) in [7, 11) is 3.61. The summed E-state index contributed by atoms with van der Waals surface area (Å²) in [4.78, 5) is 27.7. The first-order valence-electron chi connectivity index (χ1n) is 6.51. The maximum atomic E-state index is 11.8. The normalized spacial score (nSPS) is 10.1. The minimum Gasteiger partial charge on any atom is -0.349 e. The number of amides is 2. The highest BCUT2D eigenvalue weighted by atomic mass is 16.2. The lowest BCUT2D eigenvalue weighted by Gasteiger charge is -2.07. The van der Waals surface area contributed by atoms with Gasteiger partial charge in [0.25, 0.3) is 11.8 Å². The number of likely N-dealkylation sites (N-methyl/N-ethyl adjacent to an activating group) is 2. The number of nitrogens with one attached hydrogen (secondary N) is 4. The van der Waals surface area contributed by atoms with E-state index in [1.54, 1.807) is 32.3 Å². The van der Waals surface area contributed by atoms with Gasteiger partial charge in [0.2, 0.25) is 0 Å². The van der Waals surface area contributed by atoms with Crippen LogP contribution < -0.4 is 21.3 Å². The summed E-state index contributed by atoms with van der Waals surface area (Å²) in [6, 6.07) is 4.81. The van der Waals surface area contributed by atoms with Crippen LogP contribution in [0.2, 0.25) is 0 Å². The van der Waals surface area contributed by atoms with Gasteiger partial charge in [-0.05, 0) is 26.2 Å². The van der Waals surface area contributed by atoms with Gasteiger partial charge >= 0.3 is 0 Å². The smallest absolute Gasteiger partial charge is 0.269 e. The second kappa shape index (κ2) is 9.00. The molecule has 0 aliphatic rings. The zero-order chi connectivity index (χ0) is 14.8. The van der Waals surface area contributed by atoms with E-state index in [2.05, 4.69) is 26.3 Å². The van der Waals surface area contributed by atoms with Gasteiger partial charge in [0, 0.05) is 26.2 Å². The number of hydrogen-bond donors (Lipinski definition) is 4. The van der Waals surface area contributed by atoms with Crippen molar-refractivity contribution >= 4 is 11.8 Å². The van der Waals surface area contributed by atoms with Crippen LogP contribution in [-0.4, -0.2) is 57.1 Å². The van der Waals surface area contributed by atoms with E-state index in [1.807, 2.05) is 0 Å². The number of aromatic nitrogens is 1. The van der Waals surface area contributed by atoms with Crippen LogP contribution in [0.1, 0.15) is 21.0 Å². The zero-order valence-electron chi connectivity index (χ0n) is 11.8. The summed E-state index contributed by atoms with van der Waals surface area (Å²) in [6.45, 7) is 2.37. The Morgan fingerprint density at radius 1 is 0.900 bits per heavy atom. The first-order valence-corrected chi connectivity index (χ1v) is 6.51. The van der Waals surface area contributed by atoms with Crippen molar-refractivity contribution in [3.8, 4) is 0 Å². The highest BCUT2D eigenvalue weighted by Gasteiger charge is 2.11. The Morgan fingerprint density at radius 2 is 1.35 bits per heavy atom. The third-order valence-corrected chi connectivity index (χ3v) is 2.54. The van der Waals surface area contributed by atoms with E-state index in [4.69, 9.17) is 0 Å². The van der Waals surface area contributed by atoms with Crippen molar-refractivity contribution in [2.75, 3.05) is 40.3 Å². The Bertz CT molecular complexity index is 413. The summed E-state index contributed by atoms with van der Waals surface area (Å²) in [6.07, 6.45) is 0. The Morgan fingerprint density at radius 3 is 1.75 bits per heavy atom. The second-order valence-corrected chi connectivity index (χ2v) is 4.13. The number of rotatable bonds is 8. The Kier molecular flexibility index (Phi) is 7.23. The third kappa shape index (κ3) is 5.33. The van der Waals surface area contributed by atoms with Gasteiger partial charge in [0.15, 0.2) is 0 Å². The SMILES string of the molecule is CNCCNC(=O)c1cccc(C(=O)NCCNC)n1. The molecule has 0 fully saturated rings. The van der Waals surface area contributed by atoms with Gasteiger partial charge in [-0.3, -0.25) is 9.59 Å². The van der Waals surface area contributed by atoms with E-state index in [0.717, 1.165) is 0 Å². The topological polar surface area (TPSA) is 95.1 Å². The highest BCUT2D eigenvalue weighted by Crippen LogP contribution is 1.99. The number of carbonyl (C=O) groups is 2. The van der Waals surface area contributed by atoms with Gasteiger partial charge in [-0.25, -0.2) is 4.98 Å². The number of nitrogens with zero attached hydrogens (tertiary/aromatic N) is 1. The van der Waals surface area contributed by atoms with Crippen LogP contribution >= 0.6 is 0 Å². The molecular weight excluding hydrogens is 258 g/mol. The average Bonchev–Trinajstić information content (AvgIpc) is 2.47. The first-order chi connectivity index (χ1) is 9.69. The second-order valence-electron chi connectivity index (χ2n) is 4.13. The minimum absolute atomic E-state index is 0.238. The molecule has 110 valence electrons. The van der Waals surface area contributed by atoms with Crippen molar-refractivity contribution < 1.29 is 9.59 Å². The van der Waals surface area contributed by atoms with E-state index in [0.29, 0.717) is 26.2 Å². The van der Waals surface area contributed by atoms with Crippen molar-refractivity contribution in [1.29, 1.82) is 0 Å². The average molecular weight is 279 g/mol. The van der Waals surface area contributed by atoms with E-state index < -0.39 is 0 Å². The van der Waals surface area contributed by atoms with E-state index in [1.165, 1.54) is 0 Å². The van der Waals surface area contributed by atoms with Crippen molar-refractivity contribution in [2.24, 2.45) is 0 Å². The molecule has 1 aromatic rings. The fourth-order valence-corrected chi connectivity index (χ4v) is 1.47. The Labute approximate surface area is 118 Å². The molecule has 0 aliphatic heterocycles. The van der Waals surface area contributed by atoms with Gasteiger partial charge in [-0.2, -0.15) is 0 Å². The lowest BCUT2D eigenvalue weighted by molar-refractivity contribution is 0.0945. The van der Waals surface area contributed by atoms with E-state index >= 15 is 0 Å². The quantitative estimate of drug-likeness (QED) is 0.457. The van der Waals surface area contributed by atoms with Gasteiger partial charge < -0.3 is 21.3 Å². The van der Waals surface area contributed by atoms with Crippen LogP contribution in [-0.2, 0) is 0 Å². The monoisotopic (exact) mass is 279 g/mol.